The second-order valence-corrected chi connectivity index (χ2v) is 6.15. The fraction of sp³-hybridized carbons (Fsp3) is 0.625. The summed E-state index contributed by atoms with van der Waals surface area (Å²) in [6.45, 7) is 5.33. The molecule has 106 valence electrons. The van der Waals surface area contributed by atoms with E-state index in [9.17, 15) is 4.39 Å². The van der Waals surface area contributed by atoms with Crippen LogP contribution in [0.3, 0.4) is 0 Å². The van der Waals surface area contributed by atoms with Gasteiger partial charge >= 0.3 is 0 Å². The Bertz CT molecular complexity index is 401. The van der Waals surface area contributed by atoms with Gasteiger partial charge in [-0.15, -0.1) is 0 Å². The van der Waals surface area contributed by atoms with Gasteiger partial charge in [-0.2, -0.15) is 0 Å². The van der Waals surface area contributed by atoms with Crippen molar-refractivity contribution in [2.45, 2.75) is 45.6 Å². The minimum atomic E-state index is -0.179. The molecule has 1 saturated carbocycles. The van der Waals surface area contributed by atoms with Crippen molar-refractivity contribution in [1.82, 2.24) is 5.32 Å². The molecule has 0 heterocycles. The number of nitrogens with one attached hydrogen (secondary N) is 1. The predicted molar refractivity (Wildman–Crippen MR) is 79.1 cm³/mol. The minimum Gasteiger partial charge on any atom is -0.314 e. The summed E-state index contributed by atoms with van der Waals surface area (Å²) in [4.78, 5) is 0. The highest BCUT2D eigenvalue weighted by Crippen LogP contribution is 2.34. The molecule has 1 N–H and O–H groups in total. The Morgan fingerprint density at radius 3 is 2.79 bits per heavy atom. The molecule has 0 bridgehead atoms. The van der Waals surface area contributed by atoms with E-state index in [4.69, 9.17) is 11.6 Å². The topological polar surface area (TPSA) is 12.0 Å². The third kappa shape index (κ3) is 3.70. The first-order valence-corrected chi connectivity index (χ1v) is 7.65. The van der Waals surface area contributed by atoms with Crippen LogP contribution in [0.4, 0.5) is 4.39 Å². The highest BCUT2D eigenvalue weighted by molar-refractivity contribution is 6.31. The van der Waals surface area contributed by atoms with Gasteiger partial charge in [0, 0.05) is 16.6 Å². The Hall–Kier alpha value is -0.600. The van der Waals surface area contributed by atoms with Gasteiger partial charge in [0.25, 0.3) is 0 Å². The molecule has 0 radical (unpaired) electrons. The van der Waals surface area contributed by atoms with E-state index in [2.05, 4.69) is 19.2 Å². The van der Waals surface area contributed by atoms with Gasteiger partial charge < -0.3 is 5.32 Å². The third-order valence-electron chi connectivity index (χ3n) is 4.26. The van der Waals surface area contributed by atoms with Gasteiger partial charge in [0.15, 0.2) is 0 Å². The lowest BCUT2D eigenvalue weighted by Crippen LogP contribution is -2.37. The lowest BCUT2D eigenvalue weighted by atomic mass is 9.91. The molecule has 0 amide bonds. The summed E-state index contributed by atoms with van der Waals surface area (Å²) in [6.07, 6.45) is 4.46. The Labute approximate surface area is 120 Å². The summed E-state index contributed by atoms with van der Waals surface area (Å²) in [5, 5.41) is 4.07. The van der Waals surface area contributed by atoms with Crippen LogP contribution in [-0.4, -0.2) is 12.6 Å². The van der Waals surface area contributed by atoms with Crippen LogP contribution in [0.15, 0.2) is 18.2 Å². The Morgan fingerprint density at radius 2 is 2.21 bits per heavy atom. The third-order valence-corrected chi connectivity index (χ3v) is 4.61. The number of benzene rings is 1. The second-order valence-electron chi connectivity index (χ2n) is 5.75. The fourth-order valence-electron chi connectivity index (χ4n) is 3.23. The minimum absolute atomic E-state index is 0.179. The quantitative estimate of drug-likeness (QED) is 0.843. The van der Waals surface area contributed by atoms with Crippen molar-refractivity contribution in [3.63, 3.8) is 0 Å². The van der Waals surface area contributed by atoms with Crippen LogP contribution in [0.5, 0.6) is 0 Å². The average Bonchev–Trinajstić information content (AvgIpc) is 2.79. The maximum Gasteiger partial charge on any atom is 0.127 e. The van der Waals surface area contributed by atoms with E-state index in [1.165, 1.54) is 25.3 Å². The largest absolute Gasteiger partial charge is 0.314 e. The summed E-state index contributed by atoms with van der Waals surface area (Å²) in [6, 6.07) is 5.28. The van der Waals surface area contributed by atoms with Crippen molar-refractivity contribution in [2.75, 3.05) is 6.54 Å². The first-order chi connectivity index (χ1) is 9.11. The predicted octanol–water partition coefficient (Wildman–Crippen LogP) is 4.44. The molecule has 1 aromatic carbocycles. The monoisotopic (exact) mass is 283 g/mol. The zero-order chi connectivity index (χ0) is 13.8. The van der Waals surface area contributed by atoms with Gasteiger partial charge in [-0.1, -0.05) is 37.9 Å². The molecule has 3 unspecified atom stereocenters. The molecule has 1 aliphatic rings. The number of hydrogen-bond donors (Lipinski definition) is 1. The van der Waals surface area contributed by atoms with E-state index in [1.54, 1.807) is 12.1 Å². The molecule has 3 heteroatoms. The number of rotatable bonds is 5. The smallest absolute Gasteiger partial charge is 0.127 e. The van der Waals surface area contributed by atoms with Gasteiger partial charge in [0.1, 0.15) is 5.82 Å². The first kappa shape index (κ1) is 14.8. The number of likely N-dealkylation sites (N-methyl/N-ethyl adjacent to an activating group) is 1. The van der Waals surface area contributed by atoms with E-state index < -0.39 is 0 Å². The Balaban J connectivity index is 2.12. The molecule has 0 aromatic heterocycles. The SMILES string of the molecule is CCNC(Cc1c(F)cccc1Cl)C1CCC(C)C1. The van der Waals surface area contributed by atoms with Gasteiger partial charge in [0.2, 0.25) is 0 Å². The molecule has 0 aliphatic heterocycles. The molecule has 0 spiro atoms. The number of halogens is 2. The van der Waals surface area contributed by atoms with Crippen LogP contribution in [0.25, 0.3) is 0 Å². The molecular formula is C16H23ClFN. The van der Waals surface area contributed by atoms with Gasteiger partial charge in [-0.25, -0.2) is 4.39 Å². The maximum absolute atomic E-state index is 13.9. The van der Waals surface area contributed by atoms with E-state index in [1.807, 2.05) is 0 Å². The van der Waals surface area contributed by atoms with Crippen molar-refractivity contribution in [3.8, 4) is 0 Å². The van der Waals surface area contributed by atoms with Gasteiger partial charge in [0.05, 0.1) is 0 Å². The van der Waals surface area contributed by atoms with Crippen LogP contribution in [0.2, 0.25) is 5.02 Å². The van der Waals surface area contributed by atoms with Gasteiger partial charge in [-0.05, 0) is 49.8 Å². The highest BCUT2D eigenvalue weighted by Gasteiger charge is 2.29. The molecule has 1 aliphatic carbocycles. The molecule has 1 fully saturated rings. The molecule has 1 nitrogen and oxygen atoms in total. The molecule has 19 heavy (non-hydrogen) atoms. The fourth-order valence-corrected chi connectivity index (χ4v) is 3.47. The molecular weight excluding hydrogens is 261 g/mol. The average molecular weight is 284 g/mol. The van der Waals surface area contributed by atoms with Crippen LogP contribution in [-0.2, 0) is 6.42 Å². The van der Waals surface area contributed by atoms with Gasteiger partial charge in [-0.3, -0.25) is 0 Å². The summed E-state index contributed by atoms with van der Waals surface area (Å²) in [7, 11) is 0. The summed E-state index contributed by atoms with van der Waals surface area (Å²) in [5.74, 6) is 1.26. The zero-order valence-electron chi connectivity index (χ0n) is 11.8. The molecule has 2 rings (SSSR count). The maximum atomic E-state index is 13.9. The number of hydrogen-bond acceptors (Lipinski definition) is 1. The first-order valence-electron chi connectivity index (χ1n) is 7.28. The van der Waals surface area contributed by atoms with Crippen LogP contribution in [0, 0.1) is 17.7 Å². The lowest BCUT2D eigenvalue weighted by Gasteiger charge is -2.25. The van der Waals surface area contributed by atoms with Crippen molar-refractivity contribution < 1.29 is 4.39 Å². The molecule has 0 saturated heterocycles. The lowest BCUT2D eigenvalue weighted by molar-refractivity contribution is 0.350. The van der Waals surface area contributed by atoms with Crippen molar-refractivity contribution in [3.05, 3.63) is 34.6 Å². The summed E-state index contributed by atoms with van der Waals surface area (Å²) >= 11 is 6.14. The van der Waals surface area contributed by atoms with Crippen molar-refractivity contribution >= 4 is 11.6 Å². The Morgan fingerprint density at radius 1 is 1.42 bits per heavy atom. The van der Waals surface area contributed by atoms with E-state index in [0.29, 0.717) is 29.0 Å². The molecule has 3 atom stereocenters. The highest BCUT2D eigenvalue weighted by atomic mass is 35.5. The zero-order valence-corrected chi connectivity index (χ0v) is 12.5. The second kappa shape index (κ2) is 6.71. The summed E-state index contributed by atoms with van der Waals surface area (Å²) < 4.78 is 13.9. The van der Waals surface area contributed by atoms with E-state index in [-0.39, 0.29) is 5.82 Å². The Kier molecular flexibility index (Phi) is 5.23. The van der Waals surface area contributed by atoms with Crippen LogP contribution < -0.4 is 5.32 Å². The molecule has 1 aromatic rings. The van der Waals surface area contributed by atoms with Crippen molar-refractivity contribution in [2.24, 2.45) is 11.8 Å². The summed E-state index contributed by atoms with van der Waals surface area (Å²) in [5.41, 5.74) is 0.662. The van der Waals surface area contributed by atoms with E-state index in [0.717, 1.165) is 12.5 Å². The normalized spacial score (nSPS) is 24.6. The van der Waals surface area contributed by atoms with Crippen LogP contribution >= 0.6 is 11.6 Å². The van der Waals surface area contributed by atoms with Crippen molar-refractivity contribution in [1.29, 1.82) is 0 Å². The van der Waals surface area contributed by atoms with Crippen LogP contribution in [0.1, 0.15) is 38.7 Å². The standard InChI is InChI=1S/C16H23ClFN/c1-3-19-16(12-8-7-11(2)9-12)10-13-14(17)5-4-6-15(13)18/h4-6,11-12,16,19H,3,7-10H2,1-2H3. The van der Waals surface area contributed by atoms with E-state index >= 15 is 0 Å².